The van der Waals surface area contributed by atoms with Crippen LogP contribution in [0.1, 0.15) is 44.6 Å². The number of hydrogen-bond donors (Lipinski definition) is 3. The molecule has 0 aromatic heterocycles. The smallest absolute Gasteiger partial charge is 0.315 e. The van der Waals surface area contributed by atoms with Crippen LogP contribution in [-0.4, -0.2) is 24.0 Å². The molecule has 22 heavy (non-hydrogen) atoms. The van der Waals surface area contributed by atoms with E-state index in [4.69, 9.17) is 0 Å². The van der Waals surface area contributed by atoms with Gasteiger partial charge in [-0.3, -0.25) is 4.79 Å². The maximum atomic E-state index is 11.8. The number of carbonyl (C=O) groups excluding carboxylic acids is 2. The summed E-state index contributed by atoms with van der Waals surface area (Å²) in [5.74, 6) is 0.0630. The van der Waals surface area contributed by atoms with Crippen LogP contribution in [0.15, 0.2) is 24.3 Å². The van der Waals surface area contributed by atoms with E-state index in [0.29, 0.717) is 6.42 Å². The lowest BCUT2D eigenvalue weighted by Crippen LogP contribution is -2.30. The third-order valence-electron chi connectivity index (χ3n) is 4.03. The summed E-state index contributed by atoms with van der Waals surface area (Å²) in [7, 11) is 0. The Morgan fingerprint density at radius 1 is 1.14 bits per heavy atom. The number of rotatable bonds is 7. The third-order valence-corrected chi connectivity index (χ3v) is 4.03. The van der Waals surface area contributed by atoms with Gasteiger partial charge in [0.05, 0.1) is 6.04 Å². The molecule has 0 unspecified atom stereocenters. The predicted molar refractivity (Wildman–Crippen MR) is 87.8 cm³/mol. The molecule has 1 aromatic carbocycles. The van der Waals surface area contributed by atoms with Crippen molar-refractivity contribution in [3.8, 4) is 0 Å². The van der Waals surface area contributed by atoms with Gasteiger partial charge < -0.3 is 16.0 Å². The van der Waals surface area contributed by atoms with Crippen LogP contribution < -0.4 is 16.0 Å². The van der Waals surface area contributed by atoms with Crippen LogP contribution in [0.5, 0.6) is 0 Å². The highest BCUT2D eigenvalue weighted by molar-refractivity contribution is 5.90. The SMILES string of the molecule is Cc1ccc(NC(=O)CCCCC[C@@H]2NC(=O)N[C@@H]2C)cc1. The molecule has 0 spiro atoms. The summed E-state index contributed by atoms with van der Waals surface area (Å²) >= 11 is 0. The van der Waals surface area contributed by atoms with Crippen molar-refractivity contribution in [2.24, 2.45) is 0 Å². The Morgan fingerprint density at radius 3 is 2.50 bits per heavy atom. The van der Waals surface area contributed by atoms with E-state index in [2.05, 4.69) is 16.0 Å². The first kappa shape index (κ1) is 16.3. The van der Waals surface area contributed by atoms with E-state index in [0.717, 1.165) is 31.4 Å². The van der Waals surface area contributed by atoms with Crippen LogP contribution in [-0.2, 0) is 4.79 Å². The molecule has 5 nitrogen and oxygen atoms in total. The molecule has 1 heterocycles. The maximum absolute atomic E-state index is 11.8. The van der Waals surface area contributed by atoms with Gasteiger partial charge in [-0.2, -0.15) is 0 Å². The summed E-state index contributed by atoms with van der Waals surface area (Å²) in [5.41, 5.74) is 2.03. The first-order valence-corrected chi connectivity index (χ1v) is 7.98. The van der Waals surface area contributed by atoms with Crippen molar-refractivity contribution in [3.05, 3.63) is 29.8 Å². The van der Waals surface area contributed by atoms with Gasteiger partial charge in [-0.1, -0.05) is 30.5 Å². The van der Waals surface area contributed by atoms with Gasteiger partial charge in [0.1, 0.15) is 0 Å². The maximum Gasteiger partial charge on any atom is 0.315 e. The molecule has 0 saturated carbocycles. The van der Waals surface area contributed by atoms with E-state index < -0.39 is 0 Å². The van der Waals surface area contributed by atoms with E-state index in [1.165, 1.54) is 5.56 Å². The van der Waals surface area contributed by atoms with Crippen molar-refractivity contribution in [1.29, 1.82) is 0 Å². The van der Waals surface area contributed by atoms with Crippen molar-refractivity contribution in [1.82, 2.24) is 10.6 Å². The van der Waals surface area contributed by atoms with Crippen LogP contribution in [0.3, 0.4) is 0 Å². The molecule has 0 bridgehead atoms. The second-order valence-electron chi connectivity index (χ2n) is 6.03. The van der Waals surface area contributed by atoms with Crippen LogP contribution in [0.4, 0.5) is 10.5 Å². The molecule has 2 atom stereocenters. The van der Waals surface area contributed by atoms with Crippen LogP contribution >= 0.6 is 0 Å². The lowest BCUT2D eigenvalue weighted by atomic mass is 10.0. The summed E-state index contributed by atoms with van der Waals surface area (Å²) in [5, 5.41) is 8.66. The number of unbranched alkanes of at least 4 members (excludes halogenated alkanes) is 2. The minimum Gasteiger partial charge on any atom is -0.334 e. The second-order valence-corrected chi connectivity index (χ2v) is 6.03. The molecule has 1 aromatic rings. The monoisotopic (exact) mass is 303 g/mol. The number of aryl methyl sites for hydroxylation is 1. The van der Waals surface area contributed by atoms with Crippen LogP contribution in [0.25, 0.3) is 0 Å². The number of nitrogens with one attached hydrogen (secondary N) is 3. The number of benzene rings is 1. The Morgan fingerprint density at radius 2 is 1.86 bits per heavy atom. The molecule has 1 aliphatic rings. The minimum absolute atomic E-state index is 0.0630. The fourth-order valence-electron chi connectivity index (χ4n) is 2.65. The molecule has 2 rings (SSSR count). The van der Waals surface area contributed by atoms with Gasteiger partial charge >= 0.3 is 6.03 Å². The lowest BCUT2D eigenvalue weighted by molar-refractivity contribution is -0.116. The zero-order valence-corrected chi connectivity index (χ0v) is 13.3. The van der Waals surface area contributed by atoms with Gasteiger partial charge in [0.15, 0.2) is 0 Å². The number of carbonyl (C=O) groups is 2. The van der Waals surface area contributed by atoms with Crippen molar-refractivity contribution >= 4 is 17.6 Å². The first-order chi connectivity index (χ1) is 10.5. The van der Waals surface area contributed by atoms with Gasteiger partial charge in [-0.05, 0) is 38.8 Å². The minimum atomic E-state index is -0.0741. The van der Waals surface area contributed by atoms with Crippen molar-refractivity contribution in [3.63, 3.8) is 0 Å². The topological polar surface area (TPSA) is 70.2 Å². The third kappa shape index (κ3) is 5.06. The predicted octanol–water partition coefficient (Wildman–Crippen LogP) is 2.95. The standard InChI is InChI=1S/C17H25N3O2/c1-12-8-10-14(11-9-12)19-16(21)7-5-3-4-6-15-13(2)18-17(22)20-15/h8-11,13,15H,3-7H2,1-2H3,(H,19,21)(H2,18,20,22)/t13-,15+/m1/s1. The number of anilines is 1. The normalized spacial score (nSPS) is 20.4. The largest absolute Gasteiger partial charge is 0.334 e. The van der Waals surface area contributed by atoms with E-state index in [1.807, 2.05) is 38.1 Å². The van der Waals surface area contributed by atoms with Crippen LogP contribution in [0.2, 0.25) is 0 Å². The lowest BCUT2D eigenvalue weighted by Gasteiger charge is -2.13. The van der Waals surface area contributed by atoms with Crippen molar-refractivity contribution in [2.45, 2.75) is 58.0 Å². The highest BCUT2D eigenvalue weighted by Gasteiger charge is 2.26. The Bertz CT molecular complexity index is 513. The summed E-state index contributed by atoms with van der Waals surface area (Å²) < 4.78 is 0. The first-order valence-electron chi connectivity index (χ1n) is 7.98. The number of amides is 3. The molecule has 0 aliphatic carbocycles. The zero-order valence-electron chi connectivity index (χ0n) is 13.3. The molecule has 1 fully saturated rings. The molecular weight excluding hydrogens is 278 g/mol. The number of hydrogen-bond acceptors (Lipinski definition) is 2. The molecule has 3 amide bonds. The molecule has 3 N–H and O–H groups in total. The van der Waals surface area contributed by atoms with Gasteiger partial charge in [-0.25, -0.2) is 4.79 Å². The van der Waals surface area contributed by atoms with Crippen molar-refractivity contribution < 1.29 is 9.59 Å². The van der Waals surface area contributed by atoms with E-state index in [1.54, 1.807) is 0 Å². The zero-order chi connectivity index (χ0) is 15.9. The summed E-state index contributed by atoms with van der Waals surface area (Å²) in [6, 6.07) is 8.15. The van der Waals surface area contributed by atoms with E-state index >= 15 is 0 Å². The van der Waals surface area contributed by atoms with Gasteiger partial charge in [0.2, 0.25) is 5.91 Å². The number of urea groups is 1. The average Bonchev–Trinajstić information content (AvgIpc) is 2.79. The second kappa shape index (κ2) is 7.82. The van der Waals surface area contributed by atoms with Gasteiger partial charge in [-0.15, -0.1) is 0 Å². The summed E-state index contributed by atoms with van der Waals surface area (Å²) in [4.78, 5) is 23.0. The average molecular weight is 303 g/mol. The van der Waals surface area contributed by atoms with Gasteiger partial charge in [0, 0.05) is 18.2 Å². The Balaban J connectivity index is 1.57. The fraction of sp³-hybridized carbons (Fsp3) is 0.529. The van der Waals surface area contributed by atoms with E-state index in [-0.39, 0.29) is 24.0 Å². The Labute approximate surface area is 131 Å². The Hall–Kier alpha value is -2.04. The molecule has 1 saturated heterocycles. The summed E-state index contributed by atoms with van der Waals surface area (Å²) in [6.07, 6.45) is 4.40. The Kier molecular flexibility index (Phi) is 5.81. The summed E-state index contributed by atoms with van der Waals surface area (Å²) in [6.45, 7) is 4.03. The molecule has 0 radical (unpaired) electrons. The molecule has 120 valence electrons. The van der Waals surface area contributed by atoms with Crippen LogP contribution in [0, 0.1) is 6.92 Å². The van der Waals surface area contributed by atoms with Crippen molar-refractivity contribution in [2.75, 3.05) is 5.32 Å². The quantitative estimate of drug-likeness (QED) is 0.678. The molecular formula is C17H25N3O2. The molecule has 5 heteroatoms. The fourth-order valence-corrected chi connectivity index (χ4v) is 2.65. The molecule has 1 aliphatic heterocycles. The van der Waals surface area contributed by atoms with E-state index in [9.17, 15) is 9.59 Å². The highest BCUT2D eigenvalue weighted by Crippen LogP contribution is 2.13. The van der Waals surface area contributed by atoms with Gasteiger partial charge in [0.25, 0.3) is 0 Å². The highest BCUT2D eigenvalue weighted by atomic mass is 16.2.